The smallest absolute Gasteiger partial charge is 0.159 e. The summed E-state index contributed by atoms with van der Waals surface area (Å²) >= 11 is 0. The first-order valence-electron chi connectivity index (χ1n) is 8.47. The number of fused-ring (bicyclic) bond motifs is 1. The van der Waals surface area contributed by atoms with Crippen LogP contribution in [-0.2, 0) is 6.54 Å². The summed E-state index contributed by atoms with van der Waals surface area (Å²) in [4.78, 5) is 2.29. The molecule has 4 rings (SSSR count). The summed E-state index contributed by atoms with van der Waals surface area (Å²) in [6.45, 7) is 2.87. The molecule has 25 heavy (non-hydrogen) atoms. The molecule has 0 atom stereocenters. The standard InChI is InChI=1S/C12H15F2N.C7H7N3.2H2/c13-11-5-4-10(8-12(11)14)9-15-6-2-1-3-7-15;8-6-1-2-7-5(3-6)4-9-10-7;;/h4-5,8H,1-3,6-7,9H2;1-4H,8H2,(H,9,10);2*1H. The van der Waals surface area contributed by atoms with E-state index in [0.717, 1.165) is 41.8 Å². The van der Waals surface area contributed by atoms with Crippen molar-refractivity contribution in [3.8, 4) is 0 Å². The minimum Gasteiger partial charge on any atom is -0.399 e. The van der Waals surface area contributed by atoms with Crippen molar-refractivity contribution in [1.82, 2.24) is 15.1 Å². The maximum Gasteiger partial charge on any atom is 0.159 e. The maximum absolute atomic E-state index is 12.9. The van der Waals surface area contributed by atoms with Crippen molar-refractivity contribution < 1.29 is 11.6 Å². The monoisotopic (exact) mass is 348 g/mol. The van der Waals surface area contributed by atoms with Crippen LogP contribution in [0, 0.1) is 11.6 Å². The average molecular weight is 348 g/mol. The molecule has 2 aromatic carbocycles. The zero-order valence-corrected chi connectivity index (χ0v) is 14.0. The molecule has 0 aliphatic carbocycles. The van der Waals surface area contributed by atoms with Crippen molar-refractivity contribution in [1.29, 1.82) is 0 Å². The highest BCUT2D eigenvalue weighted by Gasteiger charge is 2.11. The molecule has 3 aromatic rings. The van der Waals surface area contributed by atoms with E-state index in [1.807, 2.05) is 18.2 Å². The number of nitrogens with two attached hydrogens (primary N) is 1. The summed E-state index contributed by atoms with van der Waals surface area (Å²) in [5, 5.41) is 7.76. The molecule has 6 heteroatoms. The number of piperidine rings is 1. The number of hydrogen-bond acceptors (Lipinski definition) is 3. The SMILES string of the molecule is Fc1ccc(CN2CCCCC2)cc1F.Nc1ccc2[nH]ncc2c1.[HH].[HH]. The zero-order valence-electron chi connectivity index (χ0n) is 14.0. The summed E-state index contributed by atoms with van der Waals surface area (Å²) in [6.07, 6.45) is 5.47. The largest absolute Gasteiger partial charge is 0.399 e. The fourth-order valence-electron chi connectivity index (χ4n) is 2.97. The lowest BCUT2D eigenvalue weighted by atomic mass is 10.1. The van der Waals surface area contributed by atoms with Crippen LogP contribution in [0.1, 0.15) is 27.7 Å². The van der Waals surface area contributed by atoms with Crippen molar-refractivity contribution in [3.05, 3.63) is 59.8 Å². The molecule has 0 radical (unpaired) electrons. The topological polar surface area (TPSA) is 57.9 Å². The molecule has 1 aliphatic rings. The van der Waals surface area contributed by atoms with Gasteiger partial charge >= 0.3 is 0 Å². The number of aromatic nitrogens is 2. The number of nitrogens with one attached hydrogen (secondary N) is 1. The van der Waals surface area contributed by atoms with Gasteiger partial charge in [0.05, 0.1) is 11.7 Å². The van der Waals surface area contributed by atoms with Crippen LogP contribution in [0.2, 0.25) is 0 Å². The number of H-pyrrole nitrogens is 1. The van der Waals surface area contributed by atoms with Crippen LogP contribution in [0.25, 0.3) is 10.9 Å². The molecule has 0 unspecified atom stereocenters. The zero-order chi connectivity index (χ0) is 17.6. The van der Waals surface area contributed by atoms with Crippen molar-refractivity contribution in [3.63, 3.8) is 0 Å². The first kappa shape index (κ1) is 17.4. The molecule has 0 bridgehead atoms. The van der Waals surface area contributed by atoms with Gasteiger partial charge in [-0.05, 0) is 61.8 Å². The highest BCUT2D eigenvalue weighted by Crippen LogP contribution is 2.15. The second-order valence-corrected chi connectivity index (χ2v) is 6.30. The molecule has 1 fully saturated rings. The van der Waals surface area contributed by atoms with Crippen molar-refractivity contribution in [2.45, 2.75) is 25.8 Å². The fraction of sp³-hybridized carbons (Fsp3) is 0.316. The third kappa shape index (κ3) is 4.76. The first-order chi connectivity index (χ1) is 12.1. The number of likely N-dealkylation sites (tertiary alicyclic amines) is 1. The highest BCUT2D eigenvalue weighted by atomic mass is 19.2. The van der Waals surface area contributed by atoms with Crippen molar-refractivity contribution in [2.24, 2.45) is 0 Å². The minimum absolute atomic E-state index is 0. The lowest BCUT2D eigenvalue weighted by Crippen LogP contribution is -2.29. The Morgan fingerprint density at radius 2 is 1.84 bits per heavy atom. The molecule has 2 heterocycles. The normalized spacial score (nSPS) is 15.0. The van der Waals surface area contributed by atoms with Gasteiger partial charge in [-0.2, -0.15) is 5.10 Å². The van der Waals surface area contributed by atoms with Gasteiger partial charge in [-0.3, -0.25) is 10.00 Å². The molecule has 1 saturated heterocycles. The van der Waals surface area contributed by atoms with Crippen LogP contribution in [0.3, 0.4) is 0 Å². The summed E-state index contributed by atoms with van der Waals surface area (Å²) < 4.78 is 25.6. The lowest BCUT2D eigenvalue weighted by Gasteiger charge is -2.26. The van der Waals surface area contributed by atoms with Crippen LogP contribution in [0.4, 0.5) is 14.5 Å². The fourth-order valence-corrected chi connectivity index (χ4v) is 2.97. The number of anilines is 1. The van der Waals surface area contributed by atoms with Gasteiger partial charge < -0.3 is 5.73 Å². The van der Waals surface area contributed by atoms with Crippen LogP contribution >= 0.6 is 0 Å². The lowest BCUT2D eigenvalue weighted by molar-refractivity contribution is 0.220. The van der Waals surface area contributed by atoms with Gasteiger partial charge in [0.1, 0.15) is 0 Å². The van der Waals surface area contributed by atoms with E-state index in [9.17, 15) is 8.78 Å². The van der Waals surface area contributed by atoms with Crippen LogP contribution in [-0.4, -0.2) is 28.2 Å². The Bertz CT molecular complexity index is 835. The highest BCUT2D eigenvalue weighted by molar-refractivity contribution is 5.81. The molecule has 3 N–H and O–H groups in total. The van der Waals surface area contributed by atoms with E-state index < -0.39 is 11.6 Å². The van der Waals surface area contributed by atoms with Crippen LogP contribution in [0.15, 0.2) is 42.6 Å². The molecule has 0 spiro atoms. The molecule has 1 aliphatic heterocycles. The van der Waals surface area contributed by atoms with Gasteiger partial charge in [0.25, 0.3) is 0 Å². The number of halogens is 2. The number of rotatable bonds is 2. The van der Waals surface area contributed by atoms with E-state index in [4.69, 9.17) is 5.73 Å². The number of benzene rings is 2. The van der Waals surface area contributed by atoms with E-state index in [2.05, 4.69) is 15.1 Å². The quantitative estimate of drug-likeness (QED) is 0.666. The maximum atomic E-state index is 12.9. The molecule has 0 amide bonds. The molecule has 4 nitrogen and oxygen atoms in total. The predicted molar refractivity (Wildman–Crippen MR) is 100 cm³/mol. The number of nitrogens with zero attached hydrogens (tertiary/aromatic N) is 2. The van der Waals surface area contributed by atoms with Crippen molar-refractivity contribution >= 4 is 16.6 Å². The summed E-state index contributed by atoms with van der Waals surface area (Å²) in [6, 6.07) is 9.81. The van der Waals surface area contributed by atoms with Gasteiger partial charge in [-0.1, -0.05) is 12.5 Å². The third-order valence-corrected chi connectivity index (χ3v) is 4.30. The molecule has 1 aromatic heterocycles. The average Bonchev–Trinajstić information content (AvgIpc) is 3.07. The van der Waals surface area contributed by atoms with E-state index in [1.165, 1.54) is 31.4 Å². The summed E-state index contributed by atoms with van der Waals surface area (Å²) in [5.41, 5.74) is 8.19. The second kappa shape index (κ2) is 8.07. The minimum atomic E-state index is -0.766. The van der Waals surface area contributed by atoms with E-state index in [1.54, 1.807) is 12.3 Å². The van der Waals surface area contributed by atoms with Crippen molar-refractivity contribution in [2.75, 3.05) is 18.8 Å². The number of hydrogen-bond donors (Lipinski definition) is 2. The second-order valence-electron chi connectivity index (χ2n) is 6.30. The van der Waals surface area contributed by atoms with Gasteiger partial charge in [0.2, 0.25) is 0 Å². The van der Waals surface area contributed by atoms with Gasteiger partial charge in [-0.25, -0.2) is 8.78 Å². The Balaban J connectivity index is 0.000000267. The molecule has 136 valence electrons. The van der Waals surface area contributed by atoms with Gasteiger partial charge in [-0.15, -0.1) is 0 Å². The summed E-state index contributed by atoms with van der Waals surface area (Å²) in [7, 11) is 0. The van der Waals surface area contributed by atoms with Crippen LogP contribution < -0.4 is 5.73 Å². The van der Waals surface area contributed by atoms with Gasteiger partial charge in [0.15, 0.2) is 11.6 Å². The van der Waals surface area contributed by atoms with E-state index in [-0.39, 0.29) is 2.85 Å². The van der Waals surface area contributed by atoms with E-state index in [0.29, 0.717) is 0 Å². The molecule has 0 saturated carbocycles. The van der Waals surface area contributed by atoms with Gasteiger partial charge in [0, 0.05) is 20.5 Å². The Kier molecular flexibility index (Phi) is 5.60. The van der Waals surface area contributed by atoms with Crippen LogP contribution in [0.5, 0.6) is 0 Å². The number of nitrogen functional groups attached to an aromatic ring is 1. The number of aromatic amines is 1. The summed E-state index contributed by atoms with van der Waals surface area (Å²) in [5.74, 6) is -1.51. The Hall–Kier alpha value is -2.47. The first-order valence-corrected chi connectivity index (χ1v) is 8.47. The Morgan fingerprint density at radius 3 is 2.60 bits per heavy atom. The predicted octanol–water partition coefficient (Wildman–Crippen LogP) is 4.59. The third-order valence-electron chi connectivity index (χ3n) is 4.30. The Morgan fingerprint density at radius 1 is 1.04 bits per heavy atom. The Labute approximate surface area is 148 Å². The molecular weight excluding hydrogens is 322 g/mol. The van der Waals surface area contributed by atoms with E-state index >= 15 is 0 Å². The molecular formula is C19H26F2N4.